The highest BCUT2D eigenvalue weighted by atomic mass is 79.9. The van der Waals surface area contributed by atoms with E-state index in [0.717, 1.165) is 31.2 Å². The van der Waals surface area contributed by atoms with Gasteiger partial charge in [0.05, 0.1) is 4.90 Å². The number of hydrogen-bond acceptors (Lipinski definition) is 3. The monoisotopic (exact) mass is 360 g/mol. The quantitative estimate of drug-likeness (QED) is 0.847. The third-order valence-electron chi connectivity index (χ3n) is 3.98. The van der Waals surface area contributed by atoms with Gasteiger partial charge in [-0.1, -0.05) is 25.0 Å². The maximum atomic E-state index is 12.5. The minimum absolute atomic E-state index is 0.171. The molecule has 20 heavy (non-hydrogen) atoms. The minimum Gasteiger partial charge on any atom is -0.329 e. The molecular formula is C14H21BrN2O2S. The predicted octanol–water partition coefficient (Wildman–Crippen LogP) is 2.55. The molecule has 0 heterocycles. The molecule has 1 aromatic carbocycles. The lowest BCUT2D eigenvalue weighted by molar-refractivity contribution is 0.405. The summed E-state index contributed by atoms with van der Waals surface area (Å²) < 4.78 is 28.5. The highest BCUT2D eigenvalue weighted by Crippen LogP contribution is 2.30. The van der Waals surface area contributed by atoms with E-state index >= 15 is 0 Å². The highest BCUT2D eigenvalue weighted by Gasteiger charge is 2.29. The fourth-order valence-electron chi connectivity index (χ4n) is 2.79. The number of benzene rings is 1. The first kappa shape index (κ1) is 15.9. The molecule has 1 saturated carbocycles. The van der Waals surface area contributed by atoms with Gasteiger partial charge in [0.2, 0.25) is 10.0 Å². The van der Waals surface area contributed by atoms with Gasteiger partial charge in [-0.2, -0.15) is 0 Å². The molecule has 1 aromatic rings. The van der Waals surface area contributed by atoms with E-state index in [4.69, 9.17) is 5.73 Å². The van der Waals surface area contributed by atoms with E-state index in [0.29, 0.717) is 16.9 Å². The normalized spacial score (nSPS) is 18.4. The van der Waals surface area contributed by atoms with Crippen molar-refractivity contribution < 1.29 is 8.42 Å². The Hall–Kier alpha value is -0.430. The SMILES string of the molecule is Cc1cccc(S(=O)(=O)NC(CN)C2CCCC2)c1Br. The van der Waals surface area contributed by atoms with Crippen LogP contribution in [0, 0.1) is 12.8 Å². The maximum absolute atomic E-state index is 12.5. The van der Waals surface area contributed by atoms with Gasteiger partial charge >= 0.3 is 0 Å². The van der Waals surface area contributed by atoms with Gasteiger partial charge in [-0.15, -0.1) is 0 Å². The van der Waals surface area contributed by atoms with Gasteiger partial charge in [0, 0.05) is 17.1 Å². The molecule has 1 aliphatic rings. The van der Waals surface area contributed by atoms with E-state index in [2.05, 4.69) is 20.7 Å². The Morgan fingerprint density at radius 3 is 2.65 bits per heavy atom. The smallest absolute Gasteiger partial charge is 0.242 e. The van der Waals surface area contributed by atoms with Crippen molar-refractivity contribution in [3.05, 3.63) is 28.2 Å². The van der Waals surface area contributed by atoms with Crippen molar-refractivity contribution in [1.82, 2.24) is 4.72 Å². The number of hydrogen-bond donors (Lipinski definition) is 2. The van der Waals surface area contributed by atoms with Crippen molar-refractivity contribution in [2.75, 3.05) is 6.54 Å². The van der Waals surface area contributed by atoms with Crippen molar-refractivity contribution in [1.29, 1.82) is 0 Å². The first-order valence-corrected chi connectivity index (χ1v) is 9.21. The lowest BCUT2D eigenvalue weighted by Crippen LogP contribution is -2.44. The molecule has 2 rings (SSSR count). The van der Waals surface area contributed by atoms with E-state index in [1.807, 2.05) is 13.0 Å². The minimum atomic E-state index is -3.54. The van der Waals surface area contributed by atoms with Crippen LogP contribution in [-0.4, -0.2) is 21.0 Å². The lowest BCUT2D eigenvalue weighted by Gasteiger charge is -2.23. The Balaban J connectivity index is 2.23. The molecule has 1 atom stereocenters. The van der Waals surface area contributed by atoms with Crippen molar-refractivity contribution in [3.63, 3.8) is 0 Å². The molecule has 112 valence electrons. The zero-order valence-corrected chi connectivity index (χ0v) is 14.0. The van der Waals surface area contributed by atoms with Crippen LogP contribution in [0.4, 0.5) is 0 Å². The van der Waals surface area contributed by atoms with Crippen molar-refractivity contribution >= 4 is 26.0 Å². The van der Waals surface area contributed by atoms with Gasteiger partial charge in [-0.25, -0.2) is 13.1 Å². The largest absolute Gasteiger partial charge is 0.329 e. The molecule has 0 radical (unpaired) electrons. The molecular weight excluding hydrogens is 340 g/mol. The van der Waals surface area contributed by atoms with E-state index < -0.39 is 10.0 Å². The Kier molecular flexibility index (Phi) is 5.23. The maximum Gasteiger partial charge on any atom is 0.242 e. The Labute approximate surface area is 129 Å². The summed E-state index contributed by atoms with van der Waals surface area (Å²) >= 11 is 3.36. The Bertz CT molecular complexity index is 569. The summed E-state index contributed by atoms with van der Waals surface area (Å²) in [7, 11) is -3.54. The van der Waals surface area contributed by atoms with E-state index in [1.165, 1.54) is 0 Å². The Morgan fingerprint density at radius 2 is 2.05 bits per heavy atom. The van der Waals surface area contributed by atoms with Gasteiger partial charge in [0.1, 0.15) is 0 Å². The summed E-state index contributed by atoms with van der Waals surface area (Å²) in [5.41, 5.74) is 6.67. The number of nitrogens with one attached hydrogen (secondary N) is 1. The second-order valence-electron chi connectivity index (χ2n) is 5.40. The molecule has 0 aromatic heterocycles. The van der Waals surface area contributed by atoms with Crippen LogP contribution in [0.2, 0.25) is 0 Å². The van der Waals surface area contributed by atoms with E-state index in [9.17, 15) is 8.42 Å². The summed E-state index contributed by atoms with van der Waals surface area (Å²) in [5, 5.41) is 0. The fraction of sp³-hybridized carbons (Fsp3) is 0.571. The number of halogens is 1. The summed E-state index contributed by atoms with van der Waals surface area (Å²) in [6.07, 6.45) is 4.44. The van der Waals surface area contributed by atoms with Gasteiger partial charge in [0.15, 0.2) is 0 Å². The van der Waals surface area contributed by atoms with Gasteiger partial charge in [-0.3, -0.25) is 0 Å². The van der Waals surface area contributed by atoms with Crippen molar-refractivity contribution in [2.45, 2.75) is 43.5 Å². The molecule has 0 amide bonds. The molecule has 0 spiro atoms. The van der Waals surface area contributed by atoms with Crippen LogP contribution in [-0.2, 0) is 10.0 Å². The zero-order chi connectivity index (χ0) is 14.8. The van der Waals surface area contributed by atoms with Crippen LogP contribution >= 0.6 is 15.9 Å². The number of aryl methyl sites for hydroxylation is 1. The predicted molar refractivity (Wildman–Crippen MR) is 84.0 cm³/mol. The number of sulfonamides is 1. The molecule has 0 saturated heterocycles. The van der Waals surface area contributed by atoms with Crippen LogP contribution in [0.3, 0.4) is 0 Å². The van der Waals surface area contributed by atoms with E-state index in [1.54, 1.807) is 12.1 Å². The van der Waals surface area contributed by atoms with Crippen LogP contribution in [0.15, 0.2) is 27.6 Å². The summed E-state index contributed by atoms with van der Waals surface area (Å²) in [5.74, 6) is 0.360. The topological polar surface area (TPSA) is 72.2 Å². The van der Waals surface area contributed by atoms with Crippen molar-refractivity contribution in [3.8, 4) is 0 Å². The first-order valence-electron chi connectivity index (χ1n) is 6.93. The number of rotatable bonds is 5. The van der Waals surface area contributed by atoms with Crippen LogP contribution < -0.4 is 10.5 Å². The second-order valence-corrected chi connectivity index (χ2v) is 7.87. The lowest BCUT2D eigenvalue weighted by atomic mass is 9.99. The average molecular weight is 361 g/mol. The third-order valence-corrected chi connectivity index (χ3v) is 6.82. The molecule has 6 heteroatoms. The molecule has 1 unspecified atom stereocenters. The van der Waals surface area contributed by atoms with Crippen molar-refractivity contribution in [2.24, 2.45) is 11.7 Å². The van der Waals surface area contributed by atoms with Gasteiger partial charge in [-0.05, 0) is 53.2 Å². The van der Waals surface area contributed by atoms with Crippen LogP contribution in [0.5, 0.6) is 0 Å². The first-order chi connectivity index (χ1) is 9.45. The average Bonchev–Trinajstić information content (AvgIpc) is 2.93. The highest BCUT2D eigenvalue weighted by molar-refractivity contribution is 9.10. The molecule has 1 aliphatic carbocycles. The molecule has 1 fully saturated rings. The van der Waals surface area contributed by atoms with Crippen LogP contribution in [0.25, 0.3) is 0 Å². The Morgan fingerprint density at radius 1 is 1.40 bits per heavy atom. The van der Waals surface area contributed by atoms with Gasteiger partial charge < -0.3 is 5.73 Å². The molecule has 3 N–H and O–H groups in total. The standard InChI is InChI=1S/C14H21BrN2O2S/c1-10-5-4-8-13(14(10)15)20(18,19)17-12(9-16)11-6-2-3-7-11/h4-5,8,11-12,17H,2-3,6-7,9,16H2,1H3. The molecule has 0 bridgehead atoms. The number of nitrogens with two attached hydrogens (primary N) is 1. The molecule has 4 nitrogen and oxygen atoms in total. The third kappa shape index (κ3) is 3.42. The van der Waals surface area contributed by atoms with E-state index in [-0.39, 0.29) is 10.9 Å². The summed E-state index contributed by atoms with van der Waals surface area (Å²) in [6.45, 7) is 2.22. The summed E-state index contributed by atoms with van der Waals surface area (Å²) in [4.78, 5) is 0.286. The summed E-state index contributed by atoms with van der Waals surface area (Å²) in [6, 6.07) is 5.07. The van der Waals surface area contributed by atoms with Gasteiger partial charge in [0.25, 0.3) is 0 Å². The fourth-order valence-corrected chi connectivity index (χ4v) is 5.16. The van der Waals surface area contributed by atoms with Crippen LogP contribution in [0.1, 0.15) is 31.2 Å². The zero-order valence-electron chi connectivity index (χ0n) is 11.6. The second kappa shape index (κ2) is 6.56. The molecule has 0 aliphatic heterocycles.